The summed E-state index contributed by atoms with van der Waals surface area (Å²) < 4.78 is 18.6. The molecule has 29 heavy (non-hydrogen) atoms. The van der Waals surface area contributed by atoms with Crippen LogP contribution in [0.3, 0.4) is 0 Å². The van der Waals surface area contributed by atoms with Crippen molar-refractivity contribution in [1.82, 2.24) is 0 Å². The van der Waals surface area contributed by atoms with Crippen molar-refractivity contribution >= 4 is 14.3 Å². The molecule has 1 aromatic carbocycles. The van der Waals surface area contributed by atoms with Crippen LogP contribution < -0.4 is 4.74 Å². The van der Waals surface area contributed by atoms with E-state index in [1.807, 2.05) is 6.92 Å². The predicted octanol–water partition coefficient (Wildman–Crippen LogP) is 6.14. The molecule has 0 bridgehead atoms. The molecule has 0 spiro atoms. The second kappa shape index (κ2) is 7.12. The summed E-state index contributed by atoms with van der Waals surface area (Å²) in [5.74, 6) is 0.998. The number of rotatable bonds is 5. The zero-order chi connectivity index (χ0) is 21.9. The van der Waals surface area contributed by atoms with E-state index in [4.69, 9.17) is 13.9 Å². The molecule has 4 atom stereocenters. The lowest BCUT2D eigenvalue weighted by Gasteiger charge is -2.40. The maximum Gasteiger partial charge on any atom is 0.310 e. The summed E-state index contributed by atoms with van der Waals surface area (Å²) in [6.07, 6.45) is -0.0425. The molecule has 1 heterocycles. The largest absolute Gasteiger partial charge is 0.487 e. The number of fused-ring (bicyclic) bond motifs is 3. The Kier molecular flexibility index (Phi) is 5.49. The van der Waals surface area contributed by atoms with E-state index in [0.29, 0.717) is 6.61 Å². The molecule has 1 aliphatic heterocycles. The first-order valence-corrected chi connectivity index (χ1v) is 13.8. The van der Waals surface area contributed by atoms with Gasteiger partial charge in [-0.05, 0) is 63.9 Å². The van der Waals surface area contributed by atoms with Gasteiger partial charge in [0.15, 0.2) is 8.32 Å². The molecular weight excluding hydrogens is 380 g/mol. The third-order valence-corrected chi connectivity index (χ3v) is 11.8. The third-order valence-electron chi connectivity index (χ3n) is 7.22. The molecular formula is C24H38O4Si. The van der Waals surface area contributed by atoms with Gasteiger partial charge in [-0.3, -0.25) is 4.79 Å². The molecule has 4 nitrogen and oxygen atoms in total. The topological polar surface area (TPSA) is 44.8 Å². The fourth-order valence-electron chi connectivity index (χ4n) is 4.64. The molecule has 0 N–H and O–H groups in total. The van der Waals surface area contributed by atoms with Crippen molar-refractivity contribution < 1.29 is 18.7 Å². The minimum absolute atomic E-state index is 0.0425. The normalized spacial score (nSPS) is 26.1. The van der Waals surface area contributed by atoms with Gasteiger partial charge in [0, 0.05) is 17.4 Å². The quantitative estimate of drug-likeness (QED) is 0.425. The molecule has 0 aromatic heterocycles. The number of hydrogen-bond acceptors (Lipinski definition) is 4. The maximum atomic E-state index is 12.7. The Morgan fingerprint density at radius 3 is 2.45 bits per heavy atom. The molecule has 0 radical (unpaired) electrons. The van der Waals surface area contributed by atoms with Crippen LogP contribution in [0.25, 0.3) is 0 Å². The third kappa shape index (κ3) is 3.76. The van der Waals surface area contributed by atoms with Crippen LogP contribution in [0.1, 0.15) is 77.2 Å². The summed E-state index contributed by atoms with van der Waals surface area (Å²) in [7, 11) is -1.93. The number of esters is 1. The standard InChI is InChI=1S/C24H38O4Si/c1-11-26-22(25)19-18-17-16(15(3)28-29(9,10)23(4,5)6)13-12-14(2)21(17)27-24(7,8)20(18)19/h12-13,15,18-20H,11H2,1-10H3. The molecule has 1 saturated carbocycles. The number of ether oxygens (including phenoxy) is 2. The van der Waals surface area contributed by atoms with Crippen LogP contribution in [-0.2, 0) is 14.0 Å². The van der Waals surface area contributed by atoms with Gasteiger partial charge in [0.25, 0.3) is 0 Å². The second-order valence-corrected chi connectivity index (χ2v) is 15.5. The van der Waals surface area contributed by atoms with Crippen LogP contribution in [0.15, 0.2) is 12.1 Å². The second-order valence-electron chi connectivity index (χ2n) is 10.8. The van der Waals surface area contributed by atoms with E-state index < -0.39 is 8.32 Å². The van der Waals surface area contributed by atoms with Crippen LogP contribution in [0.2, 0.25) is 18.1 Å². The van der Waals surface area contributed by atoms with E-state index >= 15 is 0 Å². The highest BCUT2D eigenvalue weighted by molar-refractivity contribution is 6.74. The Hall–Kier alpha value is -1.33. The Balaban J connectivity index is 2.03. The molecule has 162 valence electrons. The summed E-state index contributed by atoms with van der Waals surface area (Å²) in [4.78, 5) is 12.7. The summed E-state index contributed by atoms with van der Waals surface area (Å²) in [5, 5.41) is 0.139. The van der Waals surface area contributed by atoms with Crippen LogP contribution in [0.5, 0.6) is 5.75 Å². The fourth-order valence-corrected chi connectivity index (χ4v) is 6.00. The van der Waals surface area contributed by atoms with Gasteiger partial charge in [-0.15, -0.1) is 0 Å². The highest BCUT2D eigenvalue weighted by atomic mass is 28.4. The van der Waals surface area contributed by atoms with Gasteiger partial charge in [-0.1, -0.05) is 32.9 Å². The lowest BCUT2D eigenvalue weighted by Crippen LogP contribution is -2.41. The zero-order valence-corrected chi connectivity index (χ0v) is 20.8. The first-order valence-electron chi connectivity index (χ1n) is 10.9. The number of carbonyl (C=O) groups excluding carboxylic acids is 1. The average Bonchev–Trinajstić information content (AvgIpc) is 3.31. The number of carbonyl (C=O) groups is 1. The molecule has 1 aromatic rings. The van der Waals surface area contributed by atoms with Crippen molar-refractivity contribution in [2.75, 3.05) is 6.61 Å². The number of benzene rings is 1. The minimum Gasteiger partial charge on any atom is -0.487 e. The van der Waals surface area contributed by atoms with Crippen molar-refractivity contribution in [1.29, 1.82) is 0 Å². The van der Waals surface area contributed by atoms with Crippen LogP contribution in [0.4, 0.5) is 0 Å². The lowest BCUT2D eigenvalue weighted by atomic mass is 9.88. The maximum absolute atomic E-state index is 12.7. The summed E-state index contributed by atoms with van der Waals surface area (Å²) in [5.41, 5.74) is 3.05. The Morgan fingerprint density at radius 1 is 1.28 bits per heavy atom. The molecule has 0 saturated heterocycles. The molecule has 1 fully saturated rings. The average molecular weight is 419 g/mol. The molecule has 3 rings (SSSR count). The lowest BCUT2D eigenvalue weighted by molar-refractivity contribution is -0.145. The Labute approximate surface area is 177 Å². The van der Waals surface area contributed by atoms with Gasteiger partial charge >= 0.3 is 5.97 Å². The number of hydrogen-bond donors (Lipinski definition) is 0. The van der Waals surface area contributed by atoms with Crippen molar-refractivity contribution in [3.63, 3.8) is 0 Å². The Morgan fingerprint density at radius 2 is 1.90 bits per heavy atom. The molecule has 5 heteroatoms. The predicted molar refractivity (Wildman–Crippen MR) is 119 cm³/mol. The monoisotopic (exact) mass is 418 g/mol. The van der Waals surface area contributed by atoms with Gasteiger partial charge in [0.1, 0.15) is 11.4 Å². The van der Waals surface area contributed by atoms with Gasteiger partial charge in [0.2, 0.25) is 0 Å². The smallest absolute Gasteiger partial charge is 0.310 e. The fraction of sp³-hybridized carbons (Fsp3) is 0.708. The van der Waals surface area contributed by atoms with Crippen LogP contribution in [0, 0.1) is 18.8 Å². The molecule has 0 amide bonds. The highest BCUT2D eigenvalue weighted by Crippen LogP contribution is 2.66. The van der Waals surface area contributed by atoms with Crippen molar-refractivity contribution in [3.05, 3.63) is 28.8 Å². The van der Waals surface area contributed by atoms with Crippen molar-refractivity contribution in [2.45, 2.75) is 91.1 Å². The van der Waals surface area contributed by atoms with Gasteiger partial charge < -0.3 is 13.9 Å². The van der Waals surface area contributed by atoms with E-state index in [-0.39, 0.29) is 40.5 Å². The Bertz CT molecular complexity index is 806. The first kappa shape index (κ1) is 22.4. The van der Waals surface area contributed by atoms with Crippen molar-refractivity contribution in [3.8, 4) is 5.75 Å². The van der Waals surface area contributed by atoms with Crippen molar-refractivity contribution in [2.24, 2.45) is 11.8 Å². The van der Waals surface area contributed by atoms with E-state index in [1.165, 1.54) is 5.56 Å². The van der Waals surface area contributed by atoms with E-state index in [1.54, 1.807) is 0 Å². The summed E-state index contributed by atoms with van der Waals surface area (Å²) in [6, 6.07) is 4.29. The first-order chi connectivity index (χ1) is 13.2. The van der Waals surface area contributed by atoms with Gasteiger partial charge in [-0.2, -0.15) is 0 Å². The molecule has 4 unspecified atom stereocenters. The van der Waals surface area contributed by atoms with Gasteiger partial charge in [-0.25, -0.2) is 0 Å². The van der Waals surface area contributed by atoms with Gasteiger partial charge in [0.05, 0.1) is 18.6 Å². The summed E-state index contributed by atoms with van der Waals surface area (Å²) in [6.45, 7) is 22.0. The van der Waals surface area contributed by atoms with E-state index in [9.17, 15) is 4.79 Å². The van der Waals surface area contributed by atoms with E-state index in [0.717, 1.165) is 16.9 Å². The van der Waals surface area contributed by atoms with Crippen LogP contribution in [-0.4, -0.2) is 26.5 Å². The molecule has 1 aliphatic carbocycles. The van der Waals surface area contributed by atoms with Crippen LogP contribution >= 0.6 is 0 Å². The minimum atomic E-state index is -1.93. The SMILES string of the molecule is CCOC(=O)C1C2c3c(C(C)O[Si](C)(C)C(C)(C)C)ccc(C)c3OC(C)(C)C12. The summed E-state index contributed by atoms with van der Waals surface area (Å²) >= 11 is 0. The number of aryl methyl sites for hydroxylation is 1. The molecule has 2 aliphatic rings. The zero-order valence-electron chi connectivity index (χ0n) is 19.8. The van der Waals surface area contributed by atoms with E-state index in [2.05, 4.69) is 73.7 Å². The highest BCUT2D eigenvalue weighted by Gasteiger charge is 2.67.